The molecule has 0 atom stereocenters. The van der Waals surface area contributed by atoms with Gasteiger partial charge in [-0.1, -0.05) is 12.1 Å². The summed E-state index contributed by atoms with van der Waals surface area (Å²) in [6.07, 6.45) is 1.55. The Hall–Kier alpha value is -3.07. The molecule has 0 saturated carbocycles. The van der Waals surface area contributed by atoms with Crippen LogP contribution in [0.25, 0.3) is 5.65 Å². The summed E-state index contributed by atoms with van der Waals surface area (Å²) in [6.45, 7) is 2.63. The Balaban J connectivity index is 1.95. The molecule has 0 aliphatic carbocycles. The summed E-state index contributed by atoms with van der Waals surface area (Å²) in [5.41, 5.74) is 4.05. The number of methoxy groups -OCH3 is 1. The molecule has 0 saturated heterocycles. The van der Waals surface area contributed by atoms with Crippen LogP contribution in [-0.2, 0) is 6.54 Å². The molecule has 0 spiro atoms. The van der Waals surface area contributed by atoms with E-state index < -0.39 is 0 Å². The molecule has 2 heterocycles. The van der Waals surface area contributed by atoms with Crippen molar-refractivity contribution in [2.75, 3.05) is 19.1 Å². The van der Waals surface area contributed by atoms with Crippen LogP contribution in [0.15, 0.2) is 36.5 Å². The number of anilines is 1. The van der Waals surface area contributed by atoms with Crippen LogP contribution in [-0.4, -0.2) is 28.8 Å². The van der Waals surface area contributed by atoms with E-state index in [1.54, 1.807) is 17.8 Å². The Morgan fingerprint density at radius 2 is 2.04 bits per heavy atom. The molecule has 0 radical (unpaired) electrons. The van der Waals surface area contributed by atoms with Crippen molar-refractivity contribution in [1.82, 2.24) is 14.6 Å². The van der Waals surface area contributed by atoms with Crippen molar-refractivity contribution >= 4 is 11.3 Å². The number of aryl methyl sites for hydroxylation is 1. The maximum absolute atomic E-state index is 9.15. The maximum atomic E-state index is 9.15. The Kier molecular flexibility index (Phi) is 3.85. The van der Waals surface area contributed by atoms with E-state index in [4.69, 9.17) is 10.00 Å². The molecule has 3 rings (SSSR count). The van der Waals surface area contributed by atoms with E-state index in [0.717, 1.165) is 29.2 Å². The average molecular weight is 307 g/mol. The van der Waals surface area contributed by atoms with Gasteiger partial charge in [0.2, 0.25) is 0 Å². The number of imidazole rings is 1. The fourth-order valence-electron chi connectivity index (χ4n) is 2.52. The maximum Gasteiger partial charge on any atom is 0.178 e. The van der Waals surface area contributed by atoms with E-state index in [2.05, 4.69) is 21.1 Å². The Labute approximate surface area is 134 Å². The van der Waals surface area contributed by atoms with Crippen molar-refractivity contribution in [2.24, 2.45) is 0 Å². The first kappa shape index (κ1) is 14.9. The van der Waals surface area contributed by atoms with Crippen molar-refractivity contribution < 1.29 is 4.74 Å². The monoisotopic (exact) mass is 307 g/mol. The van der Waals surface area contributed by atoms with Crippen molar-refractivity contribution in [2.45, 2.75) is 13.5 Å². The number of nitrogens with zero attached hydrogens (tertiary/aromatic N) is 5. The molecule has 1 aromatic carbocycles. The van der Waals surface area contributed by atoms with Crippen LogP contribution in [0, 0.1) is 18.3 Å². The van der Waals surface area contributed by atoms with Crippen LogP contribution in [0.5, 0.6) is 5.75 Å². The van der Waals surface area contributed by atoms with Gasteiger partial charge in [0.05, 0.1) is 24.7 Å². The zero-order chi connectivity index (χ0) is 16.4. The lowest BCUT2D eigenvalue weighted by atomic mass is 10.2. The molecule has 6 nitrogen and oxygen atoms in total. The van der Waals surface area contributed by atoms with Crippen LogP contribution in [0.4, 0.5) is 5.69 Å². The van der Waals surface area contributed by atoms with Gasteiger partial charge in [-0.2, -0.15) is 10.4 Å². The van der Waals surface area contributed by atoms with Crippen LogP contribution < -0.4 is 9.64 Å². The number of hydrogen-bond donors (Lipinski definition) is 0. The molecular weight excluding hydrogens is 290 g/mol. The summed E-state index contributed by atoms with van der Waals surface area (Å²) in [5, 5.41) is 13.5. The molecule has 0 aliphatic heterocycles. The molecule has 116 valence electrons. The van der Waals surface area contributed by atoms with Gasteiger partial charge in [0.15, 0.2) is 11.3 Å². The van der Waals surface area contributed by atoms with Crippen molar-refractivity contribution in [3.05, 3.63) is 53.5 Å². The van der Waals surface area contributed by atoms with Crippen molar-refractivity contribution in [3.63, 3.8) is 0 Å². The quantitative estimate of drug-likeness (QED) is 0.741. The second-order valence-electron chi connectivity index (χ2n) is 5.37. The first-order valence-corrected chi connectivity index (χ1v) is 7.22. The Morgan fingerprint density at radius 3 is 2.70 bits per heavy atom. The predicted molar refractivity (Wildman–Crippen MR) is 87.5 cm³/mol. The van der Waals surface area contributed by atoms with E-state index in [1.807, 2.05) is 44.3 Å². The minimum Gasteiger partial charge on any atom is -0.497 e. The fourth-order valence-corrected chi connectivity index (χ4v) is 2.52. The molecule has 0 aliphatic rings. The van der Waals surface area contributed by atoms with E-state index in [1.165, 1.54) is 0 Å². The standard InChI is InChI=1S/C17H17N5O/c1-12-8-16(17-19-10-14(9-18)22(17)20-12)21(2)11-13-4-6-15(23-3)7-5-13/h4-8,10H,11H2,1-3H3. The fraction of sp³-hybridized carbons (Fsp3) is 0.235. The minimum atomic E-state index is 0.433. The normalized spacial score (nSPS) is 10.5. The first-order chi connectivity index (χ1) is 11.1. The molecule has 0 amide bonds. The highest BCUT2D eigenvalue weighted by molar-refractivity contribution is 5.69. The molecule has 6 heteroatoms. The SMILES string of the molecule is COc1ccc(CN(C)c2cc(C)nn3c(C#N)cnc23)cc1. The number of hydrogen-bond acceptors (Lipinski definition) is 5. The van der Waals surface area contributed by atoms with Gasteiger partial charge in [-0.3, -0.25) is 0 Å². The first-order valence-electron chi connectivity index (χ1n) is 7.22. The van der Waals surface area contributed by atoms with Crippen molar-refractivity contribution in [3.8, 4) is 11.8 Å². The highest BCUT2D eigenvalue weighted by Crippen LogP contribution is 2.23. The van der Waals surface area contributed by atoms with E-state index in [-0.39, 0.29) is 0 Å². The lowest BCUT2D eigenvalue weighted by Gasteiger charge is -2.20. The largest absolute Gasteiger partial charge is 0.497 e. The average Bonchev–Trinajstić information content (AvgIpc) is 2.97. The van der Waals surface area contributed by atoms with Crippen LogP contribution in [0.1, 0.15) is 17.0 Å². The summed E-state index contributed by atoms with van der Waals surface area (Å²) in [6, 6.07) is 12.0. The summed E-state index contributed by atoms with van der Waals surface area (Å²) in [7, 11) is 3.66. The molecular formula is C17H17N5O. The zero-order valence-corrected chi connectivity index (χ0v) is 13.3. The van der Waals surface area contributed by atoms with Gasteiger partial charge in [0.1, 0.15) is 11.8 Å². The van der Waals surface area contributed by atoms with Gasteiger partial charge >= 0.3 is 0 Å². The minimum absolute atomic E-state index is 0.433. The predicted octanol–water partition coefficient (Wildman–Crippen LogP) is 2.55. The molecule has 2 aromatic heterocycles. The van der Waals surface area contributed by atoms with Gasteiger partial charge in [0.25, 0.3) is 0 Å². The smallest absolute Gasteiger partial charge is 0.178 e. The number of fused-ring (bicyclic) bond motifs is 1. The Morgan fingerprint density at radius 1 is 1.30 bits per heavy atom. The van der Waals surface area contributed by atoms with Gasteiger partial charge in [0, 0.05) is 13.6 Å². The third-order valence-corrected chi connectivity index (χ3v) is 3.67. The topological polar surface area (TPSA) is 66.5 Å². The van der Waals surface area contributed by atoms with Gasteiger partial charge in [-0.15, -0.1) is 0 Å². The molecule has 0 N–H and O–H groups in total. The number of ether oxygens (including phenoxy) is 1. The second-order valence-corrected chi connectivity index (χ2v) is 5.37. The lowest BCUT2D eigenvalue weighted by Crippen LogP contribution is -2.18. The van der Waals surface area contributed by atoms with E-state index in [0.29, 0.717) is 11.3 Å². The van der Waals surface area contributed by atoms with Gasteiger partial charge in [-0.25, -0.2) is 9.50 Å². The molecule has 3 aromatic rings. The molecule has 0 bridgehead atoms. The zero-order valence-electron chi connectivity index (χ0n) is 13.3. The summed E-state index contributed by atoms with van der Waals surface area (Å²) >= 11 is 0. The molecule has 23 heavy (non-hydrogen) atoms. The highest BCUT2D eigenvalue weighted by Gasteiger charge is 2.13. The number of benzene rings is 1. The summed E-state index contributed by atoms with van der Waals surface area (Å²) < 4.78 is 6.77. The van der Waals surface area contributed by atoms with Gasteiger partial charge in [-0.05, 0) is 30.7 Å². The second kappa shape index (κ2) is 5.97. The van der Waals surface area contributed by atoms with E-state index >= 15 is 0 Å². The van der Waals surface area contributed by atoms with Crippen LogP contribution in [0.3, 0.4) is 0 Å². The van der Waals surface area contributed by atoms with Crippen molar-refractivity contribution in [1.29, 1.82) is 5.26 Å². The van der Waals surface area contributed by atoms with E-state index in [9.17, 15) is 0 Å². The molecule has 0 fully saturated rings. The number of nitriles is 1. The molecule has 0 unspecified atom stereocenters. The third-order valence-electron chi connectivity index (χ3n) is 3.67. The van der Waals surface area contributed by atoms with Gasteiger partial charge < -0.3 is 9.64 Å². The summed E-state index contributed by atoms with van der Waals surface area (Å²) in [5.74, 6) is 0.838. The Bertz CT molecular complexity index is 876. The lowest BCUT2D eigenvalue weighted by molar-refractivity contribution is 0.414. The number of aromatic nitrogens is 3. The highest BCUT2D eigenvalue weighted by atomic mass is 16.5. The number of rotatable bonds is 4. The third kappa shape index (κ3) is 2.81. The summed E-state index contributed by atoms with van der Waals surface area (Å²) in [4.78, 5) is 6.43. The van der Waals surface area contributed by atoms with Crippen LogP contribution in [0.2, 0.25) is 0 Å². The van der Waals surface area contributed by atoms with Crippen LogP contribution >= 0.6 is 0 Å².